The second-order valence-electron chi connectivity index (χ2n) is 8.85. The van der Waals surface area contributed by atoms with Crippen molar-refractivity contribution >= 4 is 5.82 Å². The van der Waals surface area contributed by atoms with Gasteiger partial charge in [-0.1, -0.05) is 6.92 Å². The Morgan fingerprint density at radius 3 is 2.64 bits per heavy atom. The Hall–Kier alpha value is -3.07. The molecule has 3 atom stereocenters. The van der Waals surface area contributed by atoms with Gasteiger partial charge in [0.2, 0.25) is 0 Å². The van der Waals surface area contributed by atoms with Crippen molar-refractivity contribution in [1.29, 1.82) is 0 Å². The summed E-state index contributed by atoms with van der Waals surface area (Å²) in [5.41, 5.74) is 2.91. The maximum atomic E-state index is 13.8. The number of phenolic OH excluding ortho intramolecular Hbond substituents is 1. The predicted octanol–water partition coefficient (Wildman–Crippen LogP) is 4.20. The first-order chi connectivity index (χ1) is 15.7. The maximum Gasteiger partial charge on any atom is 0.264 e. The molecular formula is C24H30F2N6O. The number of hydrogen-bond donors (Lipinski definition) is 2. The second-order valence-corrected chi connectivity index (χ2v) is 8.85. The molecule has 0 radical (unpaired) electrons. The van der Waals surface area contributed by atoms with E-state index in [-0.39, 0.29) is 24.3 Å². The normalized spacial score (nSPS) is 20.7. The van der Waals surface area contributed by atoms with Gasteiger partial charge in [0, 0.05) is 43.4 Å². The molecule has 4 rings (SSSR count). The summed E-state index contributed by atoms with van der Waals surface area (Å²) in [6, 6.07) is 7.96. The SMILES string of the molecule is CCc1cn(-c2ccc(-c3ccc(N(C)[C@@H](C)CC4CC(F)(F)C(C)N4)nn3)c(O)c2)cn1. The molecule has 2 N–H and O–H groups in total. The van der Waals surface area contributed by atoms with Gasteiger partial charge in [-0.05, 0) is 51.0 Å². The zero-order chi connectivity index (χ0) is 23.8. The van der Waals surface area contributed by atoms with Gasteiger partial charge < -0.3 is 19.9 Å². The summed E-state index contributed by atoms with van der Waals surface area (Å²) in [4.78, 5) is 6.26. The smallest absolute Gasteiger partial charge is 0.264 e. The minimum Gasteiger partial charge on any atom is -0.507 e. The van der Waals surface area contributed by atoms with Crippen LogP contribution in [0.1, 0.15) is 39.3 Å². The fourth-order valence-electron chi connectivity index (χ4n) is 4.23. The number of aromatic nitrogens is 4. The molecule has 0 spiro atoms. The molecule has 1 aromatic carbocycles. The number of halogens is 2. The molecule has 1 aliphatic heterocycles. The molecule has 176 valence electrons. The number of aryl methyl sites for hydroxylation is 1. The summed E-state index contributed by atoms with van der Waals surface area (Å²) in [6.07, 6.45) is 4.93. The molecule has 3 aromatic rings. The average molecular weight is 457 g/mol. The highest BCUT2D eigenvalue weighted by molar-refractivity contribution is 5.69. The van der Waals surface area contributed by atoms with Crippen LogP contribution in [0.4, 0.5) is 14.6 Å². The Morgan fingerprint density at radius 2 is 2.06 bits per heavy atom. The largest absolute Gasteiger partial charge is 0.507 e. The predicted molar refractivity (Wildman–Crippen MR) is 124 cm³/mol. The van der Waals surface area contributed by atoms with Crippen molar-refractivity contribution in [3.63, 3.8) is 0 Å². The van der Waals surface area contributed by atoms with Crippen LogP contribution in [0.3, 0.4) is 0 Å². The standard InChI is InChI=1S/C24H30F2N6O/c1-5-17-13-32(14-27-17)19-6-7-20(22(33)11-19)21-8-9-23(30-29-21)31(4)15(2)10-18-12-24(25,26)16(3)28-18/h6-9,11,13-16,18,28,33H,5,10,12H2,1-4H3/t15-,16?,18?/m0/s1. The highest BCUT2D eigenvalue weighted by atomic mass is 19.3. The van der Waals surface area contributed by atoms with Crippen LogP contribution in [0.2, 0.25) is 0 Å². The Balaban J connectivity index is 1.44. The second kappa shape index (κ2) is 9.05. The third-order valence-corrected chi connectivity index (χ3v) is 6.49. The number of alkyl halides is 2. The highest BCUT2D eigenvalue weighted by Gasteiger charge is 2.46. The van der Waals surface area contributed by atoms with Gasteiger partial charge in [-0.25, -0.2) is 13.8 Å². The molecule has 1 fully saturated rings. The van der Waals surface area contributed by atoms with E-state index in [1.54, 1.807) is 24.5 Å². The van der Waals surface area contributed by atoms with E-state index in [4.69, 9.17) is 0 Å². The molecule has 2 aromatic heterocycles. The van der Waals surface area contributed by atoms with Gasteiger partial charge in [-0.15, -0.1) is 10.2 Å². The molecule has 0 aliphatic carbocycles. The van der Waals surface area contributed by atoms with Crippen LogP contribution < -0.4 is 10.2 Å². The Labute approximate surface area is 192 Å². The number of nitrogens with one attached hydrogen (secondary N) is 1. The molecule has 1 aliphatic rings. The maximum absolute atomic E-state index is 13.8. The fourth-order valence-corrected chi connectivity index (χ4v) is 4.23. The number of aromatic hydroxyl groups is 1. The van der Waals surface area contributed by atoms with E-state index in [0.717, 1.165) is 17.8 Å². The van der Waals surface area contributed by atoms with Crippen molar-refractivity contribution in [3.8, 4) is 22.7 Å². The minimum absolute atomic E-state index is 0.000344. The Kier molecular flexibility index (Phi) is 6.34. The molecule has 7 nitrogen and oxygen atoms in total. The number of rotatable bonds is 7. The van der Waals surface area contributed by atoms with Gasteiger partial charge >= 0.3 is 0 Å². The van der Waals surface area contributed by atoms with E-state index in [0.29, 0.717) is 23.5 Å². The zero-order valence-corrected chi connectivity index (χ0v) is 19.3. The van der Waals surface area contributed by atoms with Crippen molar-refractivity contribution in [2.24, 2.45) is 0 Å². The molecular weight excluding hydrogens is 426 g/mol. The lowest BCUT2D eigenvalue weighted by molar-refractivity contribution is -0.00707. The van der Waals surface area contributed by atoms with Gasteiger partial charge in [0.25, 0.3) is 5.92 Å². The Morgan fingerprint density at radius 1 is 1.27 bits per heavy atom. The quantitative estimate of drug-likeness (QED) is 0.555. The van der Waals surface area contributed by atoms with Crippen molar-refractivity contribution in [2.45, 2.75) is 64.1 Å². The number of hydrogen-bond acceptors (Lipinski definition) is 6. The van der Waals surface area contributed by atoms with Crippen molar-refractivity contribution in [1.82, 2.24) is 25.1 Å². The first-order valence-corrected chi connectivity index (χ1v) is 11.2. The van der Waals surface area contributed by atoms with Gasteiger partial charge in [0.1, 0.15) is 5.75 Å². The summed E-state index contributed by atoms with van der Waals surface area (Å²) in [5, 5.41) is 22.2. The fraction of sp³-hybridized carbons (Fsp3) is 0.458. The van der Waals surface area contributed by atoms with E-state index in [1.165, 1.54) is 6.92 Å². The third kappa shape index (κ3) is 4.83. The molecule has 2 unspecified atom stereocenters. The molecule has 9 heteroatoms. The summed E-state index contributed by atoms with van der Waals surface area (Å²) in [5.74, 6) is -1.92. The van der Waals surface area contributed by atoms with Crippen LogP contribution >= 0.6 is 0 Å². The first-order valence-electron chi connectivity index (χ1n) is 11.2. The highest BCUT2D eigenvalue weighted by Crippen LogP contribution is 2.33. The molecule has 3 heterocycles. The van der Waals surface area contributed by atoms with Crippen LogP contribution in [0.15, 0.2) is 42.9 Å². The number of anilines is 1. The topological polar surface area (TPSA) is 79.1 Å². The molecule has 33 heavy (non-hydrogen) atoms. The number of phenols is 1. The van der Waals surface area contributed by atoms with Gasteiger partial charge in [-0.3, -0.25) is 0 Å². The van der Waals surface area contributed by atoms with Crippen molar-refractivity contribution in [3.05, 3.63) is 48.5 Å². The third-order valence-electron chi connectivity index (χ3n) is 6.49. The van der Waals surface area contributed by atoms with Crippen LogP contribution in [0.5, 0.6) is 5.75 Å². The number of imidazole rings is 1. The Bertz CT molecular complexity index is 1100. The van der Waals surface area contributed by atoms with Crippen LogP contribution in [-0.2, 0) is 6.42 Å². The van der Waals surface area contributed by atoms with Gasteiger partial charge in [-0.2, -0.15) is 0 Å². The summed E-state index contributed by atoms with van der Waals surface area (Å²) >= 11 is 0. The molecule has 0 amide bonds. The van der Waals surface area contributed by atoms with Crippen LogP contribution in [0, 0.1) is 0 Å². The lowest BCUT2D eigenvalue weighted by Gasteiger charge is -2.28. The van der Waals surface area contributed by atoms with Crippen molar-refractivity contribution in [2.75, 3.05) is 11.9 Å². The van der Waals surface area contributed by atoms with Crippen LogP contribution in [0.25, 0.3) is 16.9 Å². The zero-order valence-electron chi connectivity index (χ0n) is 19.3. The minimum atomic E-state index is -2.67. The van der Waals surface area contributed by atoms with E-state index >= 15 is 0 Å². The van der Waals surface area contributed by atoms with E-state index < -0.39 is 12.0 Å². The summed E-state index contributed by atoms with van der Waals surface area (Å²) in [7, 11) is 1.88. The van der Waals surface area contributed by atoms with Gasteiger partial charge in [0.05, 0.1) is 29.4 Å². The van der Waals surface area contributed by atoms with E-state index in [1.807, 2.05) is 48.7 Å². The lowest BCUT2D eigenvalue weighted by atomic mass is 10.0. The molecule has 1 saturated heterocycles. The number of benzene rings is 1. The summed E-state index contributed by atoms with van der Waals surface area (Å²) < 4.78 is 29.5. The van der Waals surface area contributed by atoms with Crippen molar-refractivity contribution < 1.29 is 13.9 Å². The number of nitrogens with zero attached hydrogens (tertiary/aromatic N) is 5. The lowest BCUT2D eigenvalue weighted by Crippen LogP contribution is -2.38. The van der Waals surface area contributed by atoms with E-state index in [9.17, 15) is 13.9 Å². The monoisotopic (exact) mass is 456 g/mol. The molecule has 0 saturated carbocycles. The van der Waals surface area contributed by atoms with E-state index in [2.05, 4.69) is 20.5 Å². The molecule has 0 bridgehead atoms. The van der Waals surface area contributed by atoms with Gasteiger partial charge in [0.15, 0.2) is 5.82 Å². The van der Waals surface area contributed by atoms with Crippen LogP contribution in [-0.4, -0.2) is 56.0 Å². The summed E-state index contributed by atoms with van der Waals surface area (Å²) in [6.45, 7) is 5.56. The average Bonchev–Trinajstić information content (AvgIpc) is 3.37. The first kappa shape index (κ1) is 23.1.